The maximum Gasteiger partial charge on any atom is 0.158 e. The van der Waals surface area contributed by atoms with Gasteiger partial charge in [-0.1, -0.05) is 0 Å². The number of aryl methyl sites for hydroxylation is 2. The SMILES string of the molecule is Cc1nn(C)c2c1nc(C(C)Cl)n2CC1CCN(C)CC1. The van der Waals surface area contributed by atoms with E-state index in [4.69, 9.17) is 16.6 Å². The van der Waals surface area contributed by atoms with Crippen LogP contribution in [0.4, 0.5) is 0 Å². The van der Waals surface area contributed by atoms with Crippen LogP contribution in [0.3, 0.4) is 0 Å². The van der Waals surface area contributed by atoms with Crippen LogP contribution in [-0.4, -0.2) is 44.4 Å². The molecule has 0 N–H and O–H groups in total. The van der Waals surface area contributed by atoms with Crippen molar-refractivity contribution in [2.45, 2.75) is 38.6 Å². The molecule has 2 aromatic rings. The van der Waals surface area contributed by atoms with Crippen LogP contribution >= 0.6 is 11.6 Å². The number of likely N-dealkylation sites (tertiary alicyclic amines) is 1. The minimum absolute atomic E-state index is 0.0805. The van der Waals surface area contributed by atoms with Gasteiger partial charge in [-0.15, -0.1) is 11.6 Å². The number of aromatic nitrogens is 4. The maximum absolute atomic E-state index is 6.36. The summed E-state index contributed by atoms with van der Waals surface area (Å²) in [5.41, 5.74) is 3.08. The molecule has 0 amide bonds. The van der Waals surface area contributed by atoms with E-state index in [2.05, 4.69) is 21.6 Å². The van der Waals surface area contributed by atoms with Crippen LogP contribution in [0.15, 0.2) is 0 Å². The molecule has 0 bridgehead atoms. The Labute approximate surface area is 130 Å². The van der Waals surface area contributed by atoms with Crippen LogP contribution in [0, 0.1) is 12.8 Å². The lowest BCUT2D eigenvalue weighted by molar-refractivity contribution is 0.205. The highest BCUT2D eigenvalue weighted by atomic mass is 35.5. The molecule has 2 aromatic heterocycles. The van der Waals surface area contributed by atoms with E-state index in [1.807, 2.05) is 25.6 Å². The van der Waals surface area contributed by atoms with Crippen LogP contribution in [0.5, 0.6) is 0 Å². The second kappa shape index (κ2) is 5.61. The Morgan fingerprint density at radius 1 is 1.29 bits per heavy atom. The van der Waals surface area contributed by atoms with Gasteiger partial charge in [0.25, 0.3) is 0 Å². The topological polar surface area (TPSA) is 38.9 Å². The summed E-state index contributed by atoms with van der Waals surface area (Å²) in [5, 5.41) is 4.42. The molecule has 1 aliphatic heterocycles. The van der Waals surface area contributed by atoms with Crippen LogP contribution in [-0.2, 0) is 13.6 Å². The van der Waals surface area contributed by atoms with E-state index < -0.39 is 0 Å². The van der Waals surface area contributed by atoms with Gasteiger partial charge < -0.3 is 9.47 Å². The second-order valence-corrected chi connectivity index (χ2v) is 6.98. The van der Waals surface area contributed by atoms with Crippen molar-refractivity contribution < 1.29 is 0 Å². The molecule has 21 heavy (non-hydrogen) atoms. The van der Waals surface area contributed by atoms with Crippen molar-refractivity contribution in [1.29, 1.82) is 0 Å². The van der Waals surface area contributed by atoms with Gasteiger partial charge in [0, 0.05) is 13.6 Å². The zero-order valence-corrected chi connectivity index (χ0v) is 14.1. The molecule has 0 saturated carbocycles. The highest BCUT2D eigenvalue weighted by Crippen LogP contribution is 2.28. The first-order chi connectivity index (χ1) is 9.97. The van der Waals surface area contributed by atoms with E-state index >= 15 is 0 Å². The van der Waals surface area contributed by atoms with E-state index in [9.17, 15) is 0 Å². The Bertz CT molecular complexity index is 634. The Morgan fingerprint density at radius 3 is 2.57 bits per heavy atom. The van der Waals surface area contributed by atoms with Gasteiger partial charge in [0.2, 0.25) is 0 Å². The lowest BCUT2D eigenvalue weighted by Gasteiger charge is -2.29. The van der Waals surface area contributed by atoms with Crippen LogP contribution in [0.25, 0.3) is 11.2 Å². The molecule has 1 unspecified atom stereocenters. The third-order valence-corrected chi connectivity index (χ3v) is 4.75. The van der Waals surface area contributed by atoms with Gasteiger partial charge in [0.05, 0.1) is 11.1 Å². The van der Waals surface area contributed by atoms with Crippen molar-refractivity contribution in [3.05, 3.63) is 11.5 Å². The summed E-state index contributed by atoms with van der Waals surface area (Å²) >= 11 is 6.36. The predicted octanol–water partition coefficient (Wildman–Crippen LogP) is 2.72. The summed E-state index contributed by atoms with van der Waals surface area (Å²) in [6.07, 6.45) is 2.48. The summed E-state index contributed by atoms with van der Waals surface area (Å²) < 4.78 is 4.23. The van der Waals surface area contributed by atoms with Gasteiger partial charge in [0.1, 0.15) is 11.3 Å². The molecule has 1 aliphatic rings. The molecule has 116 valence electrons. The number of alkyl halides is 1. The van der Waals surface area contributed by atoms with E-state index in [-0.39, 0.29) is 5.38 Å². The summed E-state index contributed by atoms with van der Waals surface area (Å²) in [5.74, 6) is 1.67. The molecule has 3 rings (SSSR count). The van der Waals surface area contributed by atoms with Gasteiger partial charge in [-0.05, 0) is 52.7 Å². The highest BCUT2D eigenvalue weighted by Gasteiger charge is 2.24. The summed E-state index contributed by atoms with van der Waals surface area (Å²) in [7, 11) is 4.19. The smallest absolute Gasteiger partial charge is 0.158 e. The third-order valence-electron chi connectivity index (χ3n) is 4.55. The number of piperidine rings is 1. The Kier molecular flexibility index (Phi) is 3.97. The maximum atomic E-state index is 6.36. The van der Waals surface area contributed by atoms with Crippen LogP contribution in [0.1, 0.15) is 36.7 Å². The first kappa shape index (κ1) is 14.9. The fourth-order valence-electron chi connectivity index (χ4n) is 3.34. The number of rotatable bonds is 3. The second-order valence-electron chi connectivity index (χ2n) is 6.32. The molecule has 5 nitrogen and oxygen atoms in total. The van der Waals surface area contributed by atoms with Crippen molar-refractivity contribution >= 4 is 22.8 Å². The summed E-state index contributed by atoms with van der Waals surface area (Å²) in [6, 6.07) is 0. The molecule has 1 saturated heterocycles. The average Bonchev–Trinajstić information content (AvgIpc) is 2.93. The summed E-state index contributed by atoms with van der Waals surface area (Å²) in [6.45, 7) is 7.36. The predicted molar refractivity (Wildman–Crippen MR) is 85.7 cm³/mol. The Hall–Kier alpha value is -1.07. The van der Waals surface area contributed by atoms with Crippen molar-refractivity contribution in [3.8, 4) is 0 Å². The fourth-order valence-corrected chi connectivity index (χ4v) is 3.50. The normalized spacial score (nSPS) is 19.5. The first-order valence-electron chi connectivity index (χ1n) is 7.69. The molecule has 6 heteroatoms. The van der Waals surface area contributed by atoms with Gasteiger partial charge in [-0.3, -0.25) is 4.68 Å². The highest BCUT2D eigenvalue weighted by molar-refractivity contribution is 6.20. The lowest BCUT2D eigenvalue weighted by atomic mass is 9.97. The van der Waals surface area contributed by atoms with Crippen molar-refractivity contribution in [3.63, 3.8) is 0 Å². The zero-order chi connectivity index (χ0) is 15.1. The van der Waals surface area contributed by atoms with Crippen LogP contribution < -0.4 is 0 Å². The molecule has 0 aromatic carbocycles. The minimum Gasteiger partial charge on any atom is -0.311 e. The number of imidazole rings is 1. The van der Waals surface area contributed by atoms with Gasteiger partial charge in [-0.25, -0.2) is 4.98 Å². The van der Waals surface area contributed by atoms with Crippen molar-refractivity contribution in [2.24, 2.45) is 13.0 Å². The lowest BCUT2D eigenvalue weighted by Crippen LogP contribution is -2.32. The van der Waals surface area contributed by atoms with Crippen molar-refractivity contribution in [2.75, 3.05) is 20.1 Å². The van der Waals surface area contributed by atoms with E-state index in [0.717, 1.165) is 29.2 Å². The Balaban J connectivity index is 1.97. The number of halogens is 1. The quantitative estimate of drug-likeness (QED) is 0.818. The Morgan fingerprint density at radius 2 is 1.95 bits per heavy atom. The van der Waals surface area contributed by atoms with Gasteiger partial charge >= 0.3 is 0 Å². The largest absolute Gasteiger partial charge is 0.311 e. The number of hydrogen-bond acceptors (Lipinski definition) is 3. The molecule has 3 heterocycles. The number of nitrogens with zero attached hydrogens (tertiary/aromatic N) is 5. The zero-order valence-electron chi connectivity index (χ0n) is 13.3. The first-order valence-corrected chi connectivity index (χ1v) is 8.13. The van der Waals surface area contributed by atoms with Crippen molar-refractivity contribution in [1.82, 2.24) is 24.2 Å². The molecule has 1 atom stereocenters. The van der Waals surface area contributed by atoms with E-state index in [1.165, 1.54) is 25.9 Å². The molecule has 0 radical (unpaired) electrons. The summed E-state index contributed by atoms with van der Waals surface area (Å²) in [4.78, 5) is 7.15. The van der Waals surface area contributed by atoms with Gasteiger partial charge in [0.15, 0.2) is 5.65 Å². The third kappa shape index (κ3) is 2.69. The molecule has 1 fully saturated rings. The van der Waals surface area contributed by atoms with Gasteiger partial charge in [-0.2, -0.15) is 5.10 Å². The fraction of sp³-hybridized carbons (Fsp3) is 0.733. The number of hydrogen-bond donors (Lipinski definition) is 0. The average molecular weight is 310 g/mol. The molecular weight excluding hydrogens is 286 g/mol. The standard InChI is InChI=1S/C15H24ClN5/c1-10(16)14-17-13-11(2)18-20(4)15(13)21(14)9-12-5-7-19(3)8-6-12/h10,12H,5-9H2,1-4H3. The number of fused-ring (bicyclic) bond motifs is 1. The monoisotopic (exact) mass is 309 g/mol. The van der Waals surface area contributed by atoms with Crippen LogP contribution in [0.2, 0.25) is 0 Å². The van der Waals surface area contributed by atoms with E-state index in [0.29, 0.717) is 5.92 Å². The van der Waals surface area contributed by atoms with E-state index in [1.54, 1.807) is 0 Å². The molecule has 0 spiro atoms. The minimum atomic E-state index is -0.0805. The molecular formula is C15H24ClN5. The molecule has 0 aliphatic carbocycles.